The average molecular weight is 249 g/mol. The minimum Gasteiger partial charge on any atom is -0.317 e. The number of carbonyl (C=O) groups excluding carboxylic acids is 1. The van der Waals surface area contributed by atoms with Crippen LogP contribution in [0.25, 0.3) is 0 Å². The Morgan fingerprint density at radius 3 is 2.56 bits per heavy atom. The van der Waals surface area contributed by atoms with Gasteiger partial charge in [0.15, 0.2) is 0 Å². The first-order valence-electron chi connectivity index (χ1n) is 8.04. The zero-order valence-corrected chi connectivity index (χ0v) is 11.5. The van der Waals surface area contributed by atoms with Crippen molar-refractivity contribution in [3.8, 4) is 0 Å². The monoisotopic (exact) mass is 249 g/mol. The molecule has 3 rings (SSSR count). The number of nitrogens with one attached hydrogen (secondary N) is 1. The highest BCUT2D eigenvalue weighted by Crippen LogP contribution is 2.59. The maximum atomic E-state index is 12.3. The maximum absolute atomic E-state index is 12.3. The minimum atomic E-state index is 0.447. The number of hydrogen-bond acceptors (Lipinski definition) is 2. The first-order chi connectivity index (χ1) is 8.80. The van der Waals surface area contributed by atoms with Crippen LogP contribution in [0.4, 0.5) is 0 Å². The third kappa shape index (κ3) is 2.64. The fraction of sp³-hybridized carbons (Fsp3) is 0.938. The fourth-order valence-corrected chi connectivity index (χ4v) is 4.28. The van der Waals surface area contributed by atoms with Crippen molar-refractivity contribution in [3.05, 3.63) is 0 Å². The van der Waals surface area contributed by atoms with E-state index >= 15 is 0 Å². The summed E-state index contributed by atoms with van der Waals surface area (Å²) >= 11 is 0. The second kappa shape index (κ2) is 5.32. The summed E-state index contributed by atoms with van der Waals surface area (Å²) in [4.78, 5) is 12.3. The van der Waals surface area contributed by atoms with Crippen molar-refractivity contribution in [2.45, 2.75) is 64.2 Å². The molecule has 102 valence electrons. The van der Waals surface area contributed by atoms with Crippen LogP contribution in [-0.4, -0.2) is 18.9 Å². The Morgan fingerprint density at radius 1 is 1.11 bits per heavy atom. The van der Waals surface area contributed by atoms with Crippen molar-refractivity contribution in [3.63, 3.8) is 0 Å². The predicted molar refractivity (Wildman–Crippen MR) is 73.5 cm³/mol. The molecule has 0 bridgehead atoms. The van der Waals surface area contributed by atoms with Gasteiger partial charge >= 0.3 is 0 Å². The van der Waals surface area contributed by atoms with Crippen molar-refractivity contribution in [2.75, 3.05) is 13.1 Å². The van der Waals surface area contributed by atoms with Gasteiger partial charge in [-0.15, -0.1) is 0 Å². The third-order valence-electron chi connectivity index (χ3n) is 5.70. The summed E-state index contributed by atoms with van der Waals surface area (Å²) in [6.07, 6.45) is 12.7. The van der Waals surface area contributed by atoms with Gasteiger partial charge in [0.05, 0.1) is 0 Å². The normalized spacial score (nSPS) is 31.4. The molecule has 0 aromatic carbocycles. The van der Waals surface area contributed by atoms with Gasteiger partial charge in [-0.3, -0.25) is 4.79 Å². The molecule has 0 aromatic heterocycles. The second-order valence-electron chi connectivity index (χ2n) is 6.88. The smallest absolute Gasteiger partial charge is 0.136 e. The van der Waals surface area contributed by atoms with Gasteiger partial charge in [-0.05, 0) is 50.1 Å². The van der Waals surface area contributed by atoms with Crippen LogP contribution in [0.2, 0.25) is 0 Å². The summed E-state index contributed by atoms with van der Waals surface area (Å²) in [7, 11) is 0. The van der Waals surface area contributed by atoms with E-state index in [0.717, 1.165) is 25.4 Å². The molecule has 1 aliphatic heterocycles. The molecule has 1 saturated heterocycles. The van der Waals surface area contributed by atoms with Crippen molar-refractivity contribution >= 4 is 5.78 Å². The zero-order chi connectivity index (χ0) is 12.4. The summed E-state index contributed by atoms with van der Waals surface area (Å²) < 4.78 is 0. The van der Waals surface area contributed by atoms with E-state index in [-0.39, 0.29) is 0 Å². The van der Waals surface area contributed by atoms with Crippen LogP contribution in [0, 0.1) is 17.3 Å². The highest BCUT2D eigenvalue weighted by molar-refractivity contribution is 5.84. The van der Waals surface area contributed by atoms with Crippen LogP contribution in [0.15, 0.2) is 0 Å². The van der Waals surface area contributed by atoms with E-state index in [2.05, 4.69) is 5.32 Å². The van der Waals surface area contributed by atoms with Gasteiger partial charge in [-0.2, -0.15) is 0 Å². The first kappa shape index (κ1) is 12.7. The van der Waals surface area contributed by atoms with E-state index in [0.29, 0.717) is 17.1 Å². The molecule has 1 heterocycles. The molecule has 3 fully saturated rings. The van der Waals surface area contributed by atoms with Gasteiger partial charge in [0, 0.05) is 12.3 Å². The highest BCUT2D eigenvalue weighted by Gasteiger charge is 2.56. The van der Waals surface area contributed by atoms with Crippen LogP contribution in [0.5, 0.6) is 0 Å². The molecule has 3 aliphatic rings. The van der Waals surface area contributed by atoms with Gasteiger partial charge in [0.1, 0.15) is 5.78 Å². The molecule has 1 unspecified atom stereocenters. The molecule has 1 atom stereocenters. The standard InChI is InChI=1S/C16H27NO/c18-15(7-6-13-4-2-1-3-5-13)14-12-16(14)8-10-17-11-9-16/h13-14,17H,1-12H2. The Kier molecular flexibility index (Phi) is 3.74. The van der Waals surface area contributed by atoms with Crippen LogP contribution >= 0.6 is 0 Å². The Labute approximate surface area is 111 Å². The molecular weight excluding hydrogens is 222 g/mol. The summed E-state index contributed by atoms with van der Waals surface area (Å²) in [6.45, 7) is 2.26. The summed E-state index contributed by atoms with van der Waals surface area (Å²) in [5, 5.41) is 3.41. The summed E-state index contributed by atoms with van der Waals surface area (Å²) in [6, 6.07) is 0. The predicted octanol–water partition coefficient (Wildman–Crippen LogP) is 3.31. The third-order valence-corrected chi connectivity index (χ3v) is 5.70. The lowest BCUT2D eigenvalue weighted by atomic mass is 9.84. The van der Waals surface area contributed by atoms with Gasteiger partial charge in [0.25, 0.3) is 0 Å². The number of Topliss-reactive ketones (excluding diaryl/α,β-unsaturated/α-hetero) is 1. The number of carbonyl (C=O) groups is 1. The Balaban J connectivity index is 1.42. The van der Waals surface area contributed by atoms with E-state index in [1.807, 2.05) is 0 Å². The molecular formula is C16H27NO. The van der Waals surface area contributed by atoms with E-state index in [4.69, 9.17) is 0 Å². The number of piperidine rings is 1. The Morgan fingerprint density at radius 2 is 1.83 bits per heavy atom. The number of hydrogen-bond donors (Lipinski definition) is 1. The van der Waals surface area contributed by atoms with Crippen LogP contribution in [0.3, 0.4) is 0 Å². The lowest BCUT2D eigenvalue weighted by molar-refractivity contribution is -0.121. The van der Waals surface area contributed by atoms with Crippen molar-refractivity contribution < 1.29 is 4.79 Å². The van der Waals surface area contributed by atoms with Crippen LogP contribution in [0.1, 0.15) is 64.2 Å². The van der Waals surface area contributed by atoms with Crippen molar-refractivity contribution in [2.24, 2.45) is 17.3 Å². The maximum Gasteiger partial charge on any atom is 0.136 e. The summed E-state index contributed by atoms with van der Waals surface area (Å²) in [5.41, 5.74) is 0.453. The second-order valence-corrected chi connectivity index (χ2v) is 6.88. The van der Waals surface area contributed by atoms with Gasteiger partial charge in [-0.25, -0.2) is 0 Å². The Bertz CT molecular complexity index is 300. The van der Waals surface area contributed by atoms with Gasteiger partial charge in [0.2, 0.25) is 0 Å². The first-order valence-corrected chi connectivity index (χ1v) is 8.04. The largest absolute Gasteiger partial charge is 0.317 e. The lowest BCUT2D eigenvalue weighted by Gasteiger charge is -2.24. The van der Waals surface area contributed by atoms with Crippen molar-refractivity contribution in [1.29, 1.82) is 0 Å². The molecule has 0 radical (unpaired) electrons. The highest BCUT2D eigenvalue weighted by atomic mass is 16.1. The molecule has 1 N–H and O–H groups in total. The SMILES string of the molecule is O=C(CCC1CCCCC1)C1CC12CCNCC2. The molecule has 2 heteroatoms. The topological polar surface area (TPSA) is 29.1 Å². The van der Waals surface area contributed by atoms with Gasteiger partial charge < -0.3 is 5.32 Å². The van der Waals surface area contributed by atoms with Crippen LogP contribution in [-0.2, 0) is 4.79 Å². The molecule has 2 nitrogen and oxygen atoms in total. The molecule has 2 aliphatic carbocycles. The van der Waals surface area contributed by atoms with Crippen LogP contribution < -0.4 is 5.32 Å². The number of rotatable bonds is 4. The quantitative estimate of drug-likeness (QED) is 0.828. The zero-order valence-electron chi connectivity index (χ0n) is 11.5. The molecule has 1 spiro atoms. The van der Waals surface area contributed by atoms with E-state index in [1.54, 1.807) is 0 Å². The van der Waals surface area contributed by atoms with E-state index in [9.17, 15) is 4.79 Å². The molecule has 0 aromatic rings. The minimum absolute atomic E-state index is 0.447. The van der Waals surface area contributed by atoms with Crippen molar-refractivity contribution in [1.82, 2.24) is 5.32 Å². The number of ketones is 1. The lowest BCUT2D eigenvalue weighted by Crippen LogP contribution is -2.30. The Hall–Kier alpha value is -0.370. The molecule has 0 amide bonds. The van der Waals surface area contributed by atoms with E-state index in [1.165, 1.54) is 57.8 Å². The summed E-state index contributed by atoms with van der Waals surface area (Å²) in [5.74, 6) is 1.91. The van der Waals surface area contributed by atoms with Gasteiger partial charge in [-0.1, -0.05) is 32.1 Å². The fourth-order valence-electron chi connectivity index (χ4n) is 4.28. The average Bonchev–Trinajstić information content (AvgIpc) is 3.12. The molecule has 18 heavy (non-hydrogen) atoms. The molecule has 2 saturated carbocycles. The van der Waals surface area contributed by atoms with E-state index < -0.39 is 0 Å².